The Morgan fingerprint density at radius 3 is 2.10 bits per heavy atom. The monoisotopic (exact) mass is 420 g/mol. The van der Waals surface area contributed by atoms with E-state index in [0.29, 0.717) is 12.8 Å². The highest BCUT2D eigenvalue weighted by Crippen LogP contribution is 2.21. The van der Waals surface area contributed by atoms with E-state index in [4.69, 9.17) is 0 Å². The quantitative estimate of drug-likeness (QED) is 0.574. The summed E-state index contributed by atoms with van der Waals surface area (Å²) in [6.07, 6.45) is 2.68. The summed E-state index contributed by atoms with van der Waals surface area (Å²) in [6, 6.07) is 9.10. The van der Waals surface area contributed by atoms with E-state index in [1.165, 1.54) is 36.7 Å². The van der Waals surface area contributed by atoms with Gasteiger partial charge in [0.25, 0.3) is 0 Å². The van der Waals surface area contributed by atoms with Gasteiger partial charge in [-0.1, -0.05) is 13.0 Å². The van der Waals surface area contributed by atoms with Crippen LogP contribution >= 0.6 is 0 Å². The van der Waals surface area contributed by atoms with Gasteiger partial charge >= 0.3 is 11.9 Å². The maximum absolute atomic E-state index is 13.3. The molecule has 9 heteroatoms. The van der Waals surface area contributed by atoms with Crippen molar-refractivity contribution < 1.29 is 27.5 Å². The van der Waals surface area contributed by atoms with Gasteiger partial charge in [0.05, 0.1) is 30.2 Å². The number of nitrogens with zero attached hydrogens (tertiary/aromatic N) is 2. The Kier molecular flexibility index (Phi) is 7.86. The van der Waals surface area contributed by atoms with Crippen LogP contribution in [0.15, 0.2) is 47.5 Å². The van der Waals surface area contributed by atoms with Crippen molar-refractivity contribution in [1.82, 2.24) is 9.29 Å². The summed E-state index contributed by atoms with van der Waals surface area (Å²) in [5.74, 6) is -1.49. The highest BCUT2D eigenvalue weighted by atomic mass is 32.2. The normalized spacial score (nSPS) is 11.3. The minimum atomic E-state index is -3.97. The smallest absolute Gasteiger partial charge is 0.337 e. The summed E-state index contributed by atoms with van der Waals surface area (Å²) < 4.78 is 37.2. The highest BCUT2D eigenvalue weighted by Gasteiger charge is 2.27. The fraction of sp³-hybridized carbons (Fsp3) is 0.350. The molecule has 0 aliphatic heterocycles. The summed E-state index contributed by atoms with van der Waals surface area (Å²) in [5, 5.41) is 0. The molecule has 0 radical (unpaired) electrons. The first-order valence-corrected chi connectivity index (χ1v) is 10.5. The second-order valence-corrected chi connectivity index (χ2v) is 8.14. The average molecular weight is 420 g/mol. The van der Waals surface area contributed by atoms with Gasteiger partial charge < -0.3 is 9.47 Å². The van der Waals surface area contributed by atoms with Gasteiger partial charge in [-0.3, -0.25) is 4.98 Å². The van der Waals surface area contributed by atoms with Crippen LogP contribution in [0.4, 0.5) is 0 Å². The van der Waals surface area contributed by atoms with E-state index >= 15 is 0 Å². The van der Waals surface area contributed by atoms with Crippen LogP contribution in [0.25, 0.3) is 0 Å². The van der Waals surface area contributed by atoms with E-state index in [2.05, 4.69) is 14.5 Å². The Bertz CT molecular complexity index is 926. The third kappa shape index (κ3) is 5.61. The maximum Gasteiger partial charge on any atom is 0.337 e. The van der Waals surface area contributed by atoms with E-state index in [-0.39, 0.29) is 29.1 Å². The Balaban J connectivity index is 2.43. The molecule has 8 nitrogen and oxygen atoms in total. The Hall–Kier alpha value is -2.78. The minimum absolute atomic E-state index is 0.0462. The zero-order valence-corrected chi connectivity index (χ0v) is 17.4. The van der Waals surface area contributed by atoms with Gasteiger partial charge in [0, 0.05) is 31.4 Å². The zero-order valence-electron chi connectivity index (χ0n) is 16.6. The number of carbonyl (C=O) groups excluding carboxylic acids is 2. The van der Waals surface area contributed by atoms with Crippen molar-refractivity contribution in [2.75, 3.05) is 27.3 Å². The van der Waals surface area contributed by atoms with Crippen LogP contribution in [-0.4, -0.2) is 57.0 Å². The van der Waals surface area contributed by atoms with Crippen LogP contribution in [0, 0.1) is 0 Å². The Labute approximate surface area is 170 Å². The third-order valence-electron chi connectivity index (χ3n) is 4.20. The van der Waals surface area contributed by atoms with Crippen molar-refractivity contribution in [1.29, 1.82) is 0 Å². The number of hydrogen-bond donors (Lipinski definition) is 0. The Morgan fingerprint density at radius 2 is 1.62 bits per heavy atom. The summed E-state index contributed by atoms with van der Waals surface area (Å²) in [5.41, 5.74) is 0.674. The van der Waals surface area contributed by atoms with E-state index in [1.54, 1.807) is 12.3 Å². The van der Waals surface area contributed by atoms with Crippen molar-refractivity contribution in [2.24, 2.45) is 0 Å². The van der Waals surface area contributed by atoms with Gasteiger partial charge in [0.15, 0.2) is 0 Å². The minimum Gasteiger partial charge on any atom is -0.465 e. The first-order chi connectivity index (χ1) is 13.8. The van der Waals surface area contributed by atoms with Gasteiger partial charge in [0.1, 0.15) is 0 Å². The lowest BCUT2D eigenvalue weighted by Crippen LogP contribution is -2.34. The second-order valence-electron chi connectivity index (χ2n) is 6.20. The molecule has 0 saturated carbocycles. The molecule has 1 aromatic heterocycles. The number of aromatic nitrogens is 1. The van der Waals surface area contributed by atoms with Crippen LogP contribution in [0.3, 0.4) is 0 Å². The lowest BCUT2D eigenvalue weighted by molar-refractivity contribution is 0.0598. The van der Waals surface area contributed by atoms with Gasteiger partial charge in [-0.05, 0) is 36.8 Å². The number of pyridine rings is 1. The number of ether oxygens (including phenoxy) is 2. The van der Waals surface area contributed by atoms with E-state index in [1.807, 2.05) is 19.1 Å². The molecule has 0 fully saturated rings. The number of hydrogen-bond acceptors (Lipinski definition) is 7. The summed E-state index contributed by atoms with van der Waals surface area (Å²) in [6.45, 7) is 2.36. The van der Waals surface area contributed by atoms with Crippen LogP contribution in [0.2, 0.25) is 0 Å². The number of rotatable bonds is 9. The van der Waals surface area contributed by atoms with Crippen LogP contribution in [0.1, 0.15) is 39.8 Å². The number of esters is 2. The van der Waals surface area contributed by atoms with E-state index in [0.717, 1.165) is 5.69 Å². The molecule has 29 heavy (non-hydrogen) atoms. The van der Waals surface area contributed by atoms with Crippen molar-refractivity contribution in [3.8, 4) is 0 Å². The fourth-order valence-electron chi connectivity index (χ4n) is 2.76. The molecular formula is C20H24N2O6S. The molecular weight excluding hydrogens is 396 g/mol. The molecule has 2 rings (SSSR count). The lowest BCUT2D eigenvalue weighted by Gasteiger charge is -2.22. The predicted molar refractivity (Wildman–Crippen MR) is 106 cm³/mol. The van der Waals surface area contributed by atoms with Crippen molar-refractivity contribution >= 4 is 22.0 Å². The number of benzene rings is 1. The van der Waals surface area contributed by atoms with E-state index < -0.39 is 22.0 Å². The van der Waals surface area contributed by atoms with Crippen molar-refractivity contribution in [2.45, 2.75) is 24.7 Å². The molecule has 0 bridgehead atoms. The molecule has 0 N–H and O–H groups in total. The van der Waals surface area contributed by atoms with Gasteiger partial charge in [-0.15, -0.1) is 0 Å². The second kappa shape index (κ2) is 10.1. The third-order valence-corrected chi connectivity index (χ3v) is 6.08. The fourth-order valence-corrected chi connectivity index (χ4v) is 4.36. The molecule has 156 valence electrons. The highest BCUT2D eigenvalue weighted by molar-refractivity contribution is 7.89. The SMILES string of the molecule is CCCN(CCc1ccccn1)S(=O)(=O)c1cc(C(=O)OC)cc(C(=O)OC)c1. The molecule has 2 aromatic rings. The summed E-state index contributed by atoms with van der Waals surface area (Å²) >= 11 is 0. The standard InChI is InChI=1S/C20H24N2O6S/c1-4-10-22(11-8-17-7-5-6-9-21-17)29(25,26)18-13-15(19(23)27-2)12-16(14-18)20(24)28-3/h5-7,9,12-14H,4,8,10-11H2,1-3H3. The molecule has 0 spiro atoms. The first-order valence-electron chi connectivity index (χ1n) is 9.05. The largest absolute Gasteiger partial charge is 0.465 e. The molecule has 0 unspecified atom stereocenters. The molecule has 0 saturated heterocycles. The molecule has 1 aromatic carbocycles. The van der Waals surface area contributed by atoms with E-state index in [9.17, 15) is 18.0 Å². The maximum atomic E-state index is 13.3. The number of carbonyl (C=O) groups is 2. The number of methoxy groups -OCH3 is 2. The van der Waals surface area contributed by atoms with Gasteiger partial charge in [-0.25, -0.2) is 18.0 Å². The summed E-state index contributed by atoms with van der Waals surface area (Å²) in [7, 11) is -1.62. The average Bonchev–Trinajstić information content (AvgIpc) is 2.75. The van der Waals surface area contributed by atoms with Crippen LogP contribution < -0.4 is 0 Å². The molecule has 0 aliphatic rings. The van der Waals surface area contributed by atoms with Crippen molar-refractivity contribution in [3.63, 3.8) is 0 Å². The molecule has 0 atom stereocenters. The molecule has 0 amide bonds. The molecule has 1 heterocycles. The number of sulfonamides is 1. The zero-order chi connectivity index (χ0) is 21.4. The Morgan fingerprint density at radius 1 is 1.00 bits per heavy atom. The lowest BCUT2D eigenvalue weighted by atomic mass is 10.1. The predicted octanol–water partition coefficient (Wildman–Crippen LogP) is 2.30. The van der Waals surface area contributed by atoms with Crippen LogP contribution in [0.5, 0.6) is 0 Å². The summed E-state index contributed by atoms with van der Waals surface area (Å²) in [4.78, 5) is 28.0. The van der Waals surface area contributed by atoms with Crippen LogP contribution in [-0.2, 0) is 25.9 Å². The topological polar surface area (TPSA) is 103 Å². The van der Waals surface area contributed by atoms with Gasteiger partial charge in [-0.2, -0.15) is 4.31 Å². The first kappa shape index (κ1) is 22.5. The van der Waals surface area contributed by atoms with Crippen molar-refractivity contribution in [3.05, 3.63) is 59.4 Å². The van der Waals surface area contributed by atoms with Gasteiger partial charge in [0.2, 0.25) is 10.0 Å². The molecule has 0 aliphatic carbocycles.